The highest BCUT2D eigenvalue weighted by atomic mass is 35.5. The molecule has 0 aromatic rings. The molecular formula is C6H10ClNO3S. The van der Waals surface area contributed by atoms with Crippen LogP contribution < -0.4 is 0 Å². The molecule has 1 heterocycles. The van der Waals surface area contributed by atoms with Gasteiger partial charge in [0.2, 0.25) is 10.0 Å². The van der Waals surface area contributed by atoms with Gasteiger partial charge in [0, 0.05) is 18.1 Å². The van der Waals surface area contributed by atoms with Crippen molar-refractivity contribution in [2.75, 3.05) is 18.8 Å². The van der Waals surface area contributed by atoms with Crippen molar-refractivity contribution in [1.29, 1.82) is 0 Å². The van der Waals surface area contributed by atoms with E-state index in [9.17, 15) is 8.42 Å². The number of β-amino-alcohol motifs (C(OH)–C–C–N with tert-alkyl or cyclic N) is 1. The van der Waals surface area contributed by atoms with Crippen LogP contribution >= 0.6 is 11.6 Å². The van der Waals surface area contributed by atoms with E-state index in [-0.39, 0.29) is 23.9 Å². The molecule has 0 aromatic heterocycles. The van der Waals surface area contributed by atoms with Gasteiger partial charge < -0.3 is 5.11 Å². The van der Waals surface area contributed by atoms with Crippen molar-refractivity contribution in [3.8, 4) is 0 Å². The molecule has 4 nitrogen and oxygen atoms in total. The molecule has 70 valence electrons. The van der Waals surface area contributed by atoms with Crippen molar-refractivity contribution in [1.82, 2.24) is 4.31 Å². The zero-order valence-corrected chi connectivity index (χ0v) is 7.98. The van der Waals surface area contributed by atoms with Gasteiger partial charge in [0.1, 0.15) is 0 Å². The smallest absolute Gasteiger partial charge is 0.219 e. The fourth-order valence-corrected chi connectivity index (χ4v) is 2.72. The van der Waals surface area contributed by atoms with Crippen molar-refractivity contribution >= 4 is 21.6 Å². The minimum Gasteiger partial charge on any atom is -0.390 e. The Morgan fingerprint density at radius 2 is 2.17 bits per heavy atom. The second-order valence-electron chi connectivity index (χ2n) is 2.74. The third kappa shape index (κ3) is 2.20. The maximum Gasteiger partial charge on any atom is 0.219 e. The lowest BCUT2D eigenvalue weighted by Crippen LogP contribution is -2.54. The first-order chi connectivity index (χ1) is 5.42. The van der Waals surface area contributed by atoms with Gasteiger partial charge in [0.15, 0.2) is 0 Å². The summed E-state index contributed by atoms with van der Waals surface area (Å²) in [6.07, 6.45) is -0.525. The second-order valence-corrected chi connectivity index (χ2v) is 5.25. The van der Waals surface area contributed by atoms with E-state index in [2.05, 4.69) is 6.58 Å². The van der Waals surface area contributed by atoms with E-state index in [0.717, 1.165) is 0 Å². The van der Waals surface area contributed by atoms with Crippen LogP contribution in [0, 0.1) is 0 Å². The first-order valence-corrected chi connectivity index (χ1v) is 5.39. The zero-order chi connectivity index (χ0) is 9.35. The summed E-state index contributed by atoms with van der Waals surface area (Å²) < 4.78 is 23.7. The van der Waals surface area contributed by atoms with E-state index in [4.69, 9.17) is 16.7 Å². The van der Waals surface area contributed by atoms with E-state index >= 15 is 0 Å². The van der Waals surface area contributed by atoms with Crippen molar-refractivity contribution in [3.05, 3.63) is 11.6 Å². The number of hydrogen-bond donors (Lipinski definition) is 1. The highest BCUT2D eigenvalue weighted by molar-refractivity contribution is 7.89. The molecule has 0 spiro atoms. The summed E-state index contributed by atoms with van der Waals surface area (Å²) >= 11 is 5.36. The first-order valence-electron chi connectivity index (χ1n) is 3.41. The summed E-state index contributed by atoms with van der Waals surface area (Å²) in [4.78, 5) is 0. The number of aliphatic hydroxyl groups is 1. The Labute approximate surface area is 76.5 Å². The third-order valence-electron chi connectivity index (χ3n) is 1.56. The van der Waals surface area contributed by atoms with Crippen molar-refractivity contribution in [2.45, 2.75) is 6.10 Å². The SMILES string of the molecule is C=C(Cl)CS(=O)(=O)N1CC(O)C1. The fourth-order valence-electron chi connectivity index (χ4n) is 0.933. The van der Waals surface area contributed by atoms with Crippen LogP contribution in [0.2, 0.25) is 0 Å². The number of sulfonamides is 1. The van der Waals surface area contributed by atoms with Crippen LogP contribution in [0.3, 0.4) is 0 Å². The van der Waals surface area contributed by atoms with Gasteiger partial charge in [-0.2, -0.15) is 4.31 Å². The van der Waals surface area contributed by atoms with Crippen LogP contribution in [-0.4, -0.2) is 42.8 Å². The Hall–Kier alpha value is -0.100. The van der Waals surface area contributed by atoms with E-state index in [0.29, 0.717) is 0 Å². The van der Waals surface area contributed by atoms with Gasteiger partial charge >= 0.3 is 0 Å². The molecule has 0 radical (unpaired) electrons. The van der Waals surface area contributed by atoms with E-state index in [1.807, 2.05) is 0 Å². The molecule has 1 aliphatic heterocycles. The van der Waals surface area contributed by atoms with E-state index in [1.54, 1.807) is 0 Å². The molecule has 6 heteroatoms. The molecule has 0 bridgehead atoms. The number of nitrogens with zero attached hydrogens (tertiary/aromatic N) is 1. The van der Waals surface area contributed by atoms with Gasteiger partial charge in [0.25, 0.3) is 0 Å². The number of rotatable bonds is 3. The summed E-state index contributed by atoms with van der Waals surface area (Å²) in [6.45, 7) is 3.64. The number of hydrogen-bond acceptors (Lipinski definition) is 3. The molecule has 0 unspecified atom stereocenters. The molecule has 12 heavy (non-hydrogen) atoms. The van der Waals surface area contributed by atoms with Gasteiger partial charge in [-0.3, -0.25) is 0 Å². The molecular weight excluding hydrogens is 202 g/mol. The maximum atomic E-state index is 11.2. The Morgan fingerprint density at radius 1 is 1.67 bits per heavy atom. The lowest BCUT2D eigenvalue weighted by atomic mass is 10.2. The molecule has 1 rings (SSSR count). The Morgan fingerprint density at radius 3 is 2.50 bits per heavy atom. The minimum atomic E-state index is -3.31. The van der Waals surface area contributed by atoms with Crippen LogP contribution in [0.15, 0.2) is 11.6 Å². The highest BCUT2D eigenvalue weighted by Gasteiger charge is 2.34. The summed E-state index contributed by atoms with van der Waals surface area (Å²) in [7, 11) is -3.31. The molecule has 1 N–H and O–H groups in total. The maximum absolute atomic E-state index is 11.2. The van der Waals surface area contributed by atoms with E-state index in [1.165, 1.54) is 4.31 Å². The van der Waals surface area contributed by atoms with Crippen molar-refractivity contribution < 1.29 is 13.5 Å². The quantitative estimate of drug-likeness (QED) is 0.700. The summed E-state index contributed by atoms with van der Waals surface area (Å²) in [5.74, 6) is -0.249. The minimum absolute atomic E-state index is 0.0939. The normalized spacial score (nSPS) is 20.5. The predicted octanol–water partition coefficient (Wildman–Crippen LogP) is -0.255. The Bertz CT molecular complexity index is 281. The van der Waals surface area contributed by atoms with Crippen molar-refractivity contribution in [3.63, 3.8) is 0 Å². The number of aliphatic hydroxyl groups excluding tert-OH is 1. The molecule has 0 amide bonds. The molecule has 1 aliphatic rings. The van der Waals surface area contributed by atoms with Gasteiger partial charge in [-0.25, -0.2) is 8.42 Å². The fraction of sp³-hybridized carbons (Fsp3) is 0.667. The van der Waals surface area contributed by atoms with Crippen LogP contribution in [0.1, 0.15) is 0 Å². The largest absolute Gasteiger partial charge is 0.390 e. The Kier molecular flexibility index (Phi) is 2.77. The molecule has 0 aliphatic carbocycles. The molecule has 1 saturated heterocycles. The highest BCUT2D eigenvalue weighted by Crippen LogP contribution is 2.16. The molecule has 0 aromatic carbocycles. The van der Waals surface area contributed by atoms with Gasteiger partial charge in [-0.1, -0.05) is 18.2 Å². The van der Waals surface area contributed by atoms with E-state index < -0.39 is 16.1 Å². The predicted molar refractivity (Wildman–Crippen MR) is 46.4 cm³/mol. The summed E-state index contributed by atoms with van der Waals surface area (Å²) in [5, 5.41) is 8.95. The van der Waals surface area contributed by atoms with Crippen LogP contribution in [0.4, 0.5) is 0 Å². The molecule has 0 atom stereocenters. The summed E-state index contributed by atoms with van der Waals surface area (Å²) in [6, 6.07) is 0. The average molecular weight is 212 g/mol. The van der Waals surface area contributed by atoms with Crippen LogP contribution in [0.5, 0.6) is 0 Å². The lowest BCUT2D eigenvalue weighted by Gasteiger charge is -2.34. The molecule has 0 saturated carbocycles. The van der Waals surface area contributed by atoms with Crippen LogP contribution in [-0.2, 0) is 10.0 Å². The second kappa shape index (κ2) is 3.33. The number of halogens is 1. The standard InChI is InChI=1S/C6H10ClNO3S/c1-5(7)4-12(10,11)8-2-6(9)3-8/h6,9H,1-4H2. The monoisotopic (exact) mass is 211 g/mol. The van der Waals surface area contributed by atoms with Gasteiger partial charge in [-0.15, -0.1) is 0 Å². The first kappa shape index (κ1) is 9.98. The van der Waals surface area contributed by atoms with Gasteiger partial charge in [0.05, 0.1) is 11.9 Å². The average Bonchev–Trinajstić information content (AvgIpc) is 1.77. The van der Waals surface area contributed by atoms with Crippen LogP contribution in [0.25, 0.3) is 0 Å². The third-order valence-corrected chi connectivity index (χ3v) is 3.65. The van der Waals surface area contributed by atoms with Crippen molar-refractivity contribution in [2.24, 2.45) is 0 Å². The zero-order valence-electron chi connectivity index (χ0n) is 6.40. The molecule has 1 fully saturated rings. The Balaban J connectivity index is 2.56. The summed E-state index contributed by atoms with van der Waals surface area (Å²) in [5.41, 5.74) is 0. The topological polar surface area (TPSA) is 57.6 Å². The lowest BCUT2D eigenvalue weighted by molar-refractivity contribution is 0.0550. The van der Waals surface area contributed by atoms with Gasteiger partial charge in [-0.05, 0) is 0 Å².